The lowest BCUT2D eigenvalue weighted by Crippen LogP contribution is -2.39. The van der Waals surface area contributed by atoms with Crippen LogP contribution in [0.25, 0.3) is 0 Å². The van der Waals surface area contributed by atoms with Gasteiger partial charge in [-0.2, -0.15) is 54.0 Å². The van der Waals surface area contributed by atoms with Crippen LogP contribution in [0.2, 0.25) is 0 Å². The van der Waals surface area contributed by atoms with E-state index in [1.165, 1.54) is 38.5 Å². The number of aliphatic hydroxyl groups excluding tert-OH is 1. The molecule has 0 aromatic rings. The van der Waals surface area contributed by atoms with Gasteiger partial charge in [0.1, 0.15) is 0 Å². The Morgan fingerprint density at radius 3 is 1.92 bits per heavy atom. The van der Waals surface area contributed by atoms with Crippen LogP contribution in [0.3, 0.4) is 0 Å². The van der Waals surface area contributed by atoms with Crippen molar-refractivity contribution in [3.63, 3.8) is 0 Å². The van der Waals surface area contributed by atoms with E-state index in [0.717, 1.165) is 12.8 Å². The third-order valence-corrected chi connectivity index (χ3v) is 6.91. The van der Waals surface area contributed by atoms with Crippen molar-refractivity contribution in [2.24, 2.45) is 0 Å². The molecule has 1 saturated heterocycles. The molecule has 5 atom stereocenters. The monoisotopic (exact) mass is 490 g/mol. The Hall–Kier alpha value is 1.96. The number of hydrogen-bond acceptors (Lipinski definition) is 4. The fourth-order valence-electron chi connectivity index (χ4n) is 3.38. The summed E-state index contributed by atoms with van der Waals surface area (Å²) in [6, 6.07) is 0.978. The Bertz CT molecular complexity index is 315. The smallest absolute Gasteiger partial charge is 0.207 e. The van der Waals surface area contributed by atoms with Gasteiger partial charge in [0, 0.05) is 12.1 Å². The zero-order chi connectivity index (χ0) is 14.5. The van der Waals surface area contributed by atoms with Gasteiger partial charge in [-0.05, 0) is 51.0 Å². The van der Waals surface area contributed by atoms with E-state index in [-0.39, 0.29) is 74.9 Å². The summed E-state index contributed by atoms with van der Waals surface area (Å²) in [7, 11) is 3.22. The van der Waals surface area contributed by atoms with Crippen LogP contribution in [0.4, 0.5) is 0 Å². The molecule has 4 nitrogen and oxygen atoms in total. The molecule has 1 heterocycles. The van der Waals surface area contributed by atoms with E-state index in [1.807, 2.05) is 7.05 Å². The summed E-state index contributed by atoms with van der Waals surface area (Å²) < 4.78 is 7.84. The van der Waals surface area contributed by atoms with Crippen LogP contribution in [-0.4, -0.2) is 48.2 Å². The average molecular weight is 491 g/mol. The van der Waals surface area contributed by atoms with Crippen LogP contribution in [-0.2, 0) is 4.52 Å². The highest BCUT2D eigenvalue weighted by Gasteiger charge is 2.40. The third-order valence-electron chi connectivity index (χ3n) is 4.72. The number of fused-ring (bicyclic) bond motifs is 1. The highest BCUT2D eigenvalue weighted by molar-refractivity contribution is 7.78. The first-order valence-corrected chi connectivity index (χ1v) is 9.96. The fourth-order valence-corrected chi connectivity index (χ4v) is 5.14. The van der Waals surface area contributed by atoms with Gasteiger partial charge in [-0.3, -0.25) is 0 Å². The maximum absolute atomic E-state index is 9.31. The number of rotatable bonds is 1. The minimum Gasteiger partial charge on any atom is -0.392 e. The van der Waals surface area contributed by atoms with Gasteiger partial charge < -0.3 is 14.9 Å². The summed E-state index contributed by atoms with van der Waals surface area (Å²) in [4.78, 5) is 0. The van der Waals surface area contributed by atoms with Crippen LogP contribution in [0.1, 0.15) is 66.2 Å². The standard InChI is InChI=1S/C7H13ClNOP.C7H15NO.2CH4.4H2S/c1-9-6-4-2-3-5-7(6)10-11(9)8;1-8-6-4-2-3-5-7(6)9;;;;;;/h6-7H,2-5H2,1H3;6-9H,2-5H2,1H3;2*1H4;4*1H2/t6-,7-,11?;6-,7-;;;;;;/m00....../s1. The molecule has 3 aliphatic rings. The molecule has 0 bridgehead atoms. The molecule has 1 aliphatic heterocycles. The zero-order valence-corrected chi connectivity index (χ0v) is 20.2. The third kappa shape index (κ3) is 11.2. The fraction of sp³-hybridized carbons (Fsp3) is 1.00. The van der Waals surface area contributed by atoms with Crippen LogP contribution < -0.4 is 5.32 Å². The Balaban J connectivity index is -0.0000000931. The second-order valence-corrected chi connectivity index (χ2v) is 8.20. The molecule has 3 fully saturated rings. The highest BCUT2D eigenvalue weighted by atomic mass is 35.7. The Kier molecular flexibility index (Phi) is 30.0. The van der Waals surface area contributed by atoms with Crippen LogP contribution >= 0.6 is 72.9 Å². The molecular formula is C16H44ClN2O2PS4. The Morgan fingerprint density at radius 1 is 0.962 bits per heavy atom. The van der Waals surface area contributed by atoms with E-state index in [4.69, 9.17) is 15.8 Å². The normalized spacial score (nSPS) is 32.1. The molecular weight excluding hydrogens is 447 g/mol. The number of nitrogens with zero attached hydrogens (tertiary/aromatic N) is 1. The lowest BCUT2D eigenvalue weighted by atomic mass is 9.93. The first-order chi connectivity index (χ1) is 9.63. The van der Waals surface area contributed by atoms with E-state index in [2.05, 4.69) is 17.0 Å². The van der Waals surface area contributed by atoms with E-state index >= 15 is 0 Å². The molecule has 3 rings (SSSR count). The molecule has 0 aromatic heterocycles. The SMILES string of the molecule is C.C.CN1[C@H]2CCCC[C@@H]2OP1Cl.CN[C@H]1CCCC[C@@H]1O.S.S.S.S. The van der Waals surface area contributed by atoms with Gasteiger partial charge in [-0.25, -0.2) is 4.67 Å². The molecule has 166 valence electrons. The topological polar surface area (TPSA) is 44.7 Å². The highest BCUT2D eigenvalue weighted by Crippen LogP contribution is 2.56. The second-order valence-electron chi connectivity index (χ2n) is 6.04. The van der Waals surface area contributed by atoms with Gasteiger partial charge in [0.15, 0.2) is 0 Å². The summed E-state index contributed by atoms with van der Waals surface area (Å²) in [5.41, 5.74) is 0. The second kappa shape index (κ2) is 20.2. The minimum atomic E-state index is -0.771. The van der Waals surface area contributed by atoms with Gasteiger partial charge in [-0.15, -0.1) is 0 Å². The van der Waals surface area contributed by atoms with Crippen molar-refractivity contribution in [2.45, 2.75) is 90.5 Å². The maximum Gasteiger partial charge on any atom is 0.207 e. The quantitative estimate of drug-likeness (QED) is 0.510. The van der Waals surface area contributed by atoms with E-state index in [9.17, 15) is 5.11 Å². The van der Waals surface area contributed by atoms with Gasteiger partial charge in [0.05, 0.1) is 12.2 Å². The van der Waals surface area contributed by atoms with Crippen LogP contribution in [0, 0.1) is 0 Å². The molecule has 0 amide bonds. The van der Waals surface area contributed by atoms with Gasteiger partial charge in [0.25, 0.3) is 0 Å². The molecule has 26 heavy (non-hydrogen) atoms. The summed E-state index contributed by atoms with van der Waals surface area (Å²) in [6.07, 6.45) is 10.1. The largest absolute Gasteiger partial charge is 0.392 e. The van der Waals surface area contributed by atoms with Crippen molar-refractivity contribution in [3.05, 3.63) is 0 Å². The lowest BCUT2D eigenvalue weighted by molar-refractivity contribution is 0.0948. The number of hydrogen-bond donors (Lipinski definition) is 2. The molecule has 0 radical (unpaired) electrons. The van der Waals surface area contributed by atoms with Crippen molar-refractivity contribution in [1.29, 1.82) is 0 Å². The summed E-state index contributed by atoms with van der Waals surface area (Å²) in [5.74, 6) is 0. The van der Waals surface area contributed by atoms with Crippen molar-refractivity contribution < 1.29 is 9.63 Å². The predicted molar refractivity (Wildman–Crippen MR) is 140 cm³/mol. The molecule has 2 saturated carbocycles. The number of likely N-dealkylation sites (N-methyl/N-ethyl adjacent to an activating group) is 2. The molecule has 1 unspecified atom stereocenters. The zero-order valence-electron chi connectivity index (χ0n) is 14.6. The summed E-state index contributed by atoms with van der Waals surface area (Å²) in [6.45, 7) is 0. The number of nitrogens with one attached hydrogen (secondary N) is 1. The van der Waals surface area contributed by atoms with Gasteiger partial charge >= 0.3 is 0 Å². The van der Waals surface area contributed by atoms with E-state index in [1.54, 1.807) is 0 Å². The van der Waals surface area contributed by atoms with Crippen LogP contribution in [0.5, 0.6) is 0 Å². The van der Waals surface area contributed by atoms with Gasteiger partial charge in [-0.1, -0.05) is 40.5 Å². The number of halogens is 1. The van der Waals surface area contributed by atoms with Crippen molar-refractivity contribution >= 4 is 72.9 Å². The maximum atomic E-state index is 9.31. The lowest BCUT2D eigenvalue weighted by Gasteiger charge is -2.26. The predicted octanol–water partition coefficient (Wildman–Crippen LogP) is 4.96. The molecule has 10 heteroatoms. The average Bonchev–Trinajstić information content (AvgIpc) is 2.76. The molecule has 0 aromatic carbocycles. The van der Waals surface area contributed by atoms with E-state index in [0.29, 0.717) is 18.2 Å². The van der Waals surface area contributed by atoms with Crippen molar-refractivity contribution in [3.8, 4) is 0 Å². The number of aliphatic hydroxyl groups is 1. The minimum absolute atomic E-state index is 0. The molecule has 2 N–H and O–H groups in total. The van der Waals surface area contributed by atoms with Gasteiger partial charge in [0.2, 0.25) is 7.65 Å². The first-order valence-electron chi connectivity index (χ1n) is 7.84. The summed E-state index contributed by atoms with van der Waals surface area (Å²) in [5, 5.41) is 12.4. The Morgan fingerprint density at radius 2 is 1.46 bits per heavy atom. The first kappa shape index (κ1) is 38.6. The van der Waals surface area contributed by atoms with Crippen LogP contribution in [0.15, 0.2) is 0 Å². The molecule has 2 aliphatic carbocycles. The van der Waals surface area contributed by atoms with Crippen molar-refractivity contribution in [1.82, 2.24) is 9.99 Å². The Labute approximate surface area is 196 Å². The summed E-state index contributed by atoms with van der Waals surface area (Å²) >= 11 is 6.01. The van der Waals surface area contributed by atoms with Crippen molar-refractivity contribution in [2.75, 3.05) is 14.1 Å². The molecule has 0 spiro atoms. The van der Waals surface area contributed by atoms with E-state index < -0.39 is 7.65 Å².